The van der Waals surface area contributed by atoms with E-state index in [1.165, 1.54) is 18.4 Å². The standard InChI is InChI=1S/C23H21N3O/c24-21(14-17-5-3-4-12-25-17)18-6-1-2-7-19(18)23-20-11-10-16(15-8-9-15)13-22(20)27-26-23/h1-7,10-13,15,21H,8-9,14,24H2/t21-/m0/s1. The van der Waals surface area contributed by atoms with Crippen molar-refractivity contribution in [2.45, 2.75) is 31.2 Å². The lowest BCUT2D eigenvalue weighted by molar-refractivity contribution is 0.459. The van der Waals surface area contributed by atoms with Crippen molar-refractivity contribution in [1.82, 2.24) is 10.1 Å². The number of nitrogens with two attached hydrogens (primary N) is 1. The molecule has 1 atom stereocenters. The molecule has 2 heterocycles. The van der Waals surface area contributed by atoms with Crippen LogP contribution in [0.5, 0.6) is 0 Å². The lowest BCUT2D eigenvalue weighted by Crippen LogP contribution is -2.15. The van der Waals surface area contributed by atoms with Crippen molar-refractivity contribution in [3.8, 4) is 11.3 Å². The lowest BCUT2D eigenvalue weighted by Gasteiger charge is -2.15. The number of hydrogen-bond acceptors (Lipinski definition) is 4. The van der Waals surface area contributed by atoms with E-state index in [0.717, 1.165) is 33.5 Å². The van der Waals surface area contributed by atoms with Crippen LogP contribution in [0.25, 0.3) is 22.2 Å². The van der Waals surface area contributed by atoms with E-state index in [2.05, 4.69) is 40.5 Å². The normalized spacial score (nSPS) is 15.1. The van der Waals surface area contributed by atoms with Gasteiger partial charge in [0.05, 0.1) is 0 Å². The molecule has 0 saturated heterocycles. The Balaban J connectivity index is 1.53. The van der Waals surface area contributed by atoms with Crippen LogP contribution in [0.1, 0.15) is 41.6 Å². The quantitative estimate of drug-likeness (QED) is 0.546. The molecule has 4 nitrogen and oxygen atoms in total. The maximum absolute atomic E-state index is 6.55. The molecule has 5 rings (SSSR count). The molecule has 27 heavy (non-hydrogen) atoms. The highest BCUT2D eigenvalue weighted by molar-refractivity contribution is 5.92. The molecule has 0 spiro atoms. The fourth-order valence-electron chi connectivity index (χ4n) is 3.71. The zero-order chi connectivity index (χ0) is 18.2. The third kappa shape index (κ3) is 3.13. The molecular formula is C23H21N3O. The Hall–Kier alpha value is -2.98. The molecular weight excluding hydrogens is 334 g/mol. The SMILES string of the molecule is N[C@@H](Cc1ccccn1)c1ccccc1-c1noc2cc(C3CC3)ccc12. The molecule has 0 bridgehead atoms. The summed E-state index contributed by atoms with van der Waals surface area (Å²) in [6.07, 6.45) is 5.03. The number of fused-ring (bicyclic) bond motifs is 1. The number of pyridine rings is 1. The first-order valence-corrected chi connectivity index (χ1v) is 9.44. The first kappa shape index (κ1) is 16.2. The Bertz CT molecular complexity index is 1080. The average molecular weight is 355 g/mol. The van der Waals surface area contributed by atoms with Crippen LogP contribution in [0, 0.1) is 0 Å². The van der Waals surface area contributed by atoms with Gasteiger partial charge >= 0.3 is 0 Å². The molecule has 1 saturated carbocycles. The second kappa shape index (κ2) is 6.63. The second-order valence-corrected chi connectivity index (χ2v) is 7.28. The van der Waals surface area contributed by atoms with Crippen LogP contribution in [0.4, 0.5) is 0 Å². The van der Waals surface area contributed by atoms with Crippen LogP contribution in [0.15, 0.2) is 71.4 Å². The predicted octanol–water partition coefficient (Wildman–Crippen LogP) is 5.01. The monoisotopic (exact) mass is 355 g/mol. The molecule has 4 heteroatoms. The third-order valence-corrected chi connectivity index (χ3v) is 5.32. The molecule has 1 aliphatic rings. The highest BCUT2D eigenvalue weighted by Gasteiger charge is 2.25. The van der Waals surface area contributed by atoms with Gasteiger partial charge in [0.1, 0.15) is 5.69 Å². The van der Waals surface area contributed by atoms with E-state index in [0.29, 0.717) is 12.3 Å². The fraction of sp³-hybridized carbons (Fsp3) is 0.217. The number of aromatic nitrogens is 2. The van der Waals surface area contributed by atoms with E-state index in [9.17, 15) is 0 Å². The summed E-state index contributed by atoms with van der Waals surface area (Å²) in [6.45, 7) is 0. The molecule has 1 aliphatic carbocycles. The van der Waals surface area contributed by atoms with Crippen molar-refractivity contribution in [1.29, 1.82) is 0 Å². The van der Waals surface area contributed by atoms with Crippen LogP contribution >= 0.6 is 0 Å². The van der Waals surface area contributed by atoms with E-state index in [4.69, 9.17) is 10.3 Å². The molecule has 2 N–H and O–H groups in total. The summed E-state index contributed by atoms with van der Waals surface area (Å²) < 4.78 is 5.67. The minimum Gasteiger partial charge on any atom is -0.356 e. The molecule has 0 unspecified atom stereocenters. The molecule has 1 fully saturated rings. The second-order valence-electron chi connectivity index (χ2n) is 7.28. The largest absolute Gasteiger partial charge is 0.356 e. The summed E-state index contributed by atoms with van der Waals surface area (Å²) in [5.74, 6) is 0.696. The molecule has 2 aromatic heterocycles. The van der Waals surface area contributed by atoms with Crippen molar-refractivity contribution < 1.29 is 4.52 Å². The van der Waals surface area contributed by atoms with Crippen LogP contribution in [0.3, 0.4) is 0 Å². The highest BCUT2D eigenvalue weighted by Crippen LogP contribution is 2.42. The van der Waals surface area contributed by atoms with Crippen LogP contribution < -0.4 is 5.73 Å². The van der Waals surface area contributed by atoms with Gasteiger partial charge in [-0.1, -0.05) is 41.6 Å². The first-order chi connectivity index (χ1) is 13.3. The van der Waals surface area contributed by atoms with E-state index in [1.54, 1.807) is 6.20 Å². The Morgan fingerprint density at radius 1 is 1.04 bits per heavy atom. The topological polar surface area (TPSA) is 64.9 Å². The molecule has 4 aromatic rings. The van der Waals surface area contributed by atoms with Gasteiger partial charge in [0.25, 0.3) is 0 Å². The summed E-state index contributed by atoms with van der Waals surface area (Å²) in [5, 5.41) is 5.43. The van der Waals surface area contributed by atoms with Gasteiger partial charge in [-0.2, -0.15) is 0 Å². The zero-order valence-corrected chi connectivity index (χ0v) is 15.0. The maximum atomic E-state index is 6.55. The highest BCUT2D eigenvalue weighted by atomic mass is 16.5. The zero-order valence-electron chi connectivity index (χ0n) is 15.0. The van der Waals surface area contributed by atoms with Crippen LogP contribution in [0.2, 0.25) is 0 Å². The van der Waals surface area contributed by atoms with Gasteiger partial charge in [0.2, 0.25) is 0 Å². The van der Waals surface area contributed by atoms with Gasteiger partial charge in [0.15, 0.2) is 5.58 Å². The number of nitrogens with zero attached hydrogens (tertiary/aromatic N) is 2. The maximum Gasteiger partial charge on any atom is 0.167 e. The van der Waals surface area contributed by atoms with Crippen LogP contribution in [-0.4, -0.2) is 10.1 Å². The fourth-order valence-corrected chi connectivity index (χ4v) is 3.71. The van der Waals surface area contributed by atoms with Gasteiger partial charge in [-0.15, -0.1) is 0 Å². The molecule has 0 aliphatic heterocycles. The van der Waals surface area contributed by atoms with E-state index >= 15 is 0 Å². The lowest BCUT2D eigenvalue weighted by atomic mass is 9.94. The van der Waals surface area contributed by atoms with Crippen LogP contribution in [-0.2, 0) is 6.42 Å². The molecule has 0 amide bonds. The Morgan fingerprint density at radius 3 is 2.70 bits per heavy atom. The van der Waals surface area contributed by atoms with Gasteiger partial charge in [-0.3, -0.25) is 4.98 Å². The van der Waals surface area contributed by atoms with E-state index in [-0.39, 0.29) is 6.04 Å². The van der Waals surface area contributed by atoms with Crippen molar-refractivity contribution >= 4 is 11.0 Å². The number of benzene rings is 2. The average Bonchev–Trinajstić information content (AvgIpc) is 3.48. The van der Waals surface area contributed by atoms with Crippen molar-refractivity contribution in [2.24, 2.45) is 5.73 Å². The van der Waals surface area contributed by atoms with Crippen molar-refractivity contribution in [3.63, 3.8) is 0 Å². The first-order valence-electron chi connectivity index (χ1n) is 9.44. The summed E-state index contributed by atoms with van der Waals surface area (Å²) in [7, 11) is 0. The van der Waals surface area contributed by atoms with Gasteiger partial charge in [0, 0.05) is 35.3 Å². The van der Waals surface area contributed by atoms with E-state index in [1.807, 2.05) is 30.3 Å². The Kier molecular flexibility index (Phi) is 3.98. The Morgan fingerprint density at radius 2 is 1.89 bits per heavy atom. The van der Waals surface area contributed by atoms with Crippen molar-refractivity contribution in [2.75, 3.05) is 0 Å². The smallest absolute Gasteiger partial charge is 0.167 e. The minimum atomic E-state index is -0.159. The molecule has 2 aromatic carbocycles. The number of hydrogen-bond donors (Lipinski definition) is 1. The summed E-state index contributed by atoms with van der Waals surface area (Å²) in [5.41, 5.74) is 12.7. The summed E-state index contributed by atoms with van der Waals surface area (Å²) >= 11 is 0. The summed E-state index contributed by atoms with van der Waals surface area (Å²) in [4.78, 5) is 4.40. The van der Waals surface area contributed by atoms with Gasteiger partial charge in [-0.25, -0.2) is 0 Å². The van der Waals surface area contributed by atoms with Gasteiger partial charge in [-0.05, 0) is 54.2 Å². The minimum absolute atomic E-state index is 0.159. The number of rotatable bonds is 5. The molecule has 0 radical (unpaired) electrons. The van der Waals surface area contributed by atoms with Crippen molar-refractivity contribution in [3.05, 3.63) is 83.7 Å². The molecule has 134 valence electrons. The van der Waals surface area contributed by atoms with Gasteiger partial charge < -0.3 is 10.3 Å². The third-order valence-electron chi connectivity index (χ3n) is 5.32. The predicted molar refractivity (Wildman–Crippen MR) is 106 cm³/mol. The summed E-state index contributed by atoms with van der Waals surface area (Å²) in [6, 6.07) is 20.4. The van der Waals surface area contributed by atoms with E-state index < -0.39 is 0 Å². The Labute approximate surface area is 158 Å².